The van der Waals surface area contributed by atoms with Gasteiger partial charge in [0, 0.05) is 17.0 Å². The summed E-state index contributed by atoms with van der Waals surface area (Å²) in [6, 6.07) is 23.1. The topological polar surface area (TPSA) is 18.3 Å². The second-order valence-corrected chi connectivity index (χ2v) is 4.75. The van der Waals surface area contributed by atoms with Crippen LogP contribution in [0.5, 0.6) is 0 Å². The standard InChI is InChI=1S/C17H13N2/c1-2-6-13(7-3-1)15-12-19-16-9-5-4-8-14(16)10-11-17(19)18-15/h1-12,15H/q+1. The molecule has 0 saturated carbocycles. The van der Waals surface area contributed by atoms with Crippen LogP contribution in [-0.4, -0.2) is 0 Å². The fourth-order valence-electron chi connectivity index (χ4n) is 2.61. The highest BCUT2D eigenvalue weighted by Crippen LogP contribution is 2.18. The Morgan fingerprint density at radius 2 is 1.58 bits per heavy atom. The van der Waals surface area contributed by atoms with Crippen molar-refractivity contribution in [1.29, 1.82) is 0 Å². The van der Waals surface area contributed by atoms with Crippen molar-refractivity contribution in [3.05, 3.63) is 84.0 Å². The molecule has 0 radical (unpaired) electrons. The van der Waals surface area contributed by atoms with E-state index >= 15 is 0 Å². The van der Waals surface area contributed by atoms with E-state index in [4.69, 9.17) is 4.99 Å². The minimum absolute atomic E-state index is 0.118. The zero-order valence-electron chi connectivity index (χ0n) is 10.4. The summed E-state index contributed by atoms with van der Waals surface area (Å²) in [6.07, 6.45) is 2.19. The Morgan fingerprint density at radius 1 is 0.789 bits per heavy atom. The van der Waals surface area contributed by atoms with Crippen molar-refractivity contribution in [1.82, 2.24) is 0 Å². The molecule has 1 atom stereocenters. The summed E-state index contributed by atoms with van der Waals surface area (Å²) in [7, 11) is 0. The Labute approximate surface area is 111 Å². The zero-order valence-corrected chi connectivity index (χ0v) is 10.4. The van der Waals surface area contributed by atoms with Gasteiger partial charge in [0.05, 0.1) is 0 Å². The lowest BCUT2D eigenvalue weighted by atomic mass is 10.1. The van der Waals surface area contributed by atoms with Crippen LogP contribution in [0.15, 0.2) is 71.7 Å². The third kappa shape index (κ3) is 1.65. The number of fused-ring (bicyclic) bond motifs is 3. The molecule has 0 bridgehead atoms. The van der Waals surface area contributed by atoms with E-state index in [1.54, 1.807) is 0 Å². The summed E-state index contributed by atoms with van der Waals surface area (Å²) in [6.45, 7) is 0. The highest BCUT2D eigenvalue weighted by Gasteiger charge is 2.21. The van der Waals surface area contributed by atoms with Gasteiger partial charge in [0.1, 0.15) is 11.7 Å². The average Bonchev–Trinajstić information content (AvgIpc) is 2.93. The molecule has 2 heteroatoms. The van der Waals surface area contributed by atoms with Crippen molar-refractivity contribution in [2.45, 2.75) is 6.04 Å². The molecule has 1 aliphatic rings. The van der Waals surface area contributed by atoms with Crippen LogP contribution in [-0.2, 0) is 0 Å². The summed E-state index contributed by atoms with van der Waals surface area (Å²) in [4.78, 5) is 4.78. The number of aromatic nitrogens is 1. The van der Waals surface area contributed by atoms with Crippen molar-refractivity contribution in [3.8, 4) is 0 Å². The molecular weight excluding hydrogens is 232 g/mol. The number of pyridine rings is 1. The molecular formula is C17H13N2+. The minimum atomic E-state index is 0.118. The van der Waals surface area contributed by atoms with Crippen molar-refractivity contribution in [3.63, 3.8) is 0 Å². The molecule has 2 nitrogen and oxygen atoms in total. The van der Waals surface area contributed by atoms with Gasteiger partial charge in [0.2, 0.25) is 6.04 Å². The number of hydrogen-bond acceptors (Lipinski definition) is 1. The number of hydrogen-bond donors (Lipinski definition) is 0. The van der Waals surface area contributed by atoms with Gasteiger partial charge in [-0.15, -0.1) is 0 Å². The molecule has 19 heavy (non-hydrogen) atoms. The SMILES string of the molecule is C1=[n+]2c(ccc3ccccc32)=NC1c1ccccc1. The summed E-state index contributed by atoms with van der Waals surface area (Å²) < 4.78 is 2.19. The van der Waals surface area contributed by atoms with Gasteiger partial charge < -0.3 is 0 Å². The van der Waals surface area contributed by atoms with Crippen LogP contribution >= 0.6 is 0 Å². The number of para-hydroxylation sites is 1. The monoisotopic (exact) mass is 245 g/mol. The first kappa shape index (κ1) is 10.4. The maximum absolute atomic E-state index is 4.78. The van der Waals surface area contributed by atoms with Gasteiger partial charge in [0.25, 0.3) is 0 Å². The van der Waals surface area contributed by atoms with Gasteiger partial charge >= 0.3 is 5.49 Å². The molecule has 1 aromatic heterocycles. The predicted octanol–water partition coefficient (Wildman–Crippen LogP) is 2.51. The Balaban J connectivity index is 1.98. The molecule has 2 heterocycles. The van der Waals surface area contributed by atoms with Gasteiger partial charge in [-0.25, -0.2) is 0 Å². The molecule has 90 valence electrons. The van der Waals surface area contributed by atoms with E-state index < -0.39 is 0 Å². The number of nitrogens with zero attached hydrogens (tertiary/aromatic N) is 2. The Bertz CT molecular complexity index is 867. The van der Waals surface area contributed by atoms with Crippen LogP contribution in [0.2, 0.25) is 0 Å². The largest absolute Gasteiger partial charge is 0.323 e. The Morgan fingerprint density at radius 3 is 2.47 bits per heavy atom. The average molecular weight is 245 g/mol. The van der Waals surface area contributed by atoms with Gasteiger partial charge in [-0.1, -0.05) is 53.5 Å². The number of rotatable bonds is 1. The lowest BCUT2D eigenvalue weighted by Gasteiger charge is -1.96. The zero-order chi connectivity index (χ0) is 12.7. The predicted molar refractivity (Wildman–Crippen MR) is 74.2 cm³/mol. The van der Waals surface area contributed by atoms with Crippen LogP contribution in [0.4, 0.5) is 0 Å². The van der Waals surface area contributed by atoms with Crippen LogP contribution in [0.3, 0.4) is 0 Å². The van der Waals surface area contributed by atoms with Crippen molar-refractivity contribution >= 4 is 10.9 Å². The van der Waals surface area contributed by atoms with E-state index in [9.17, 15) is 0 Å². The smallest absolute Gasteiger partial charge is 0.195 e. The summed E-state index contributed by atoms with van der Waals surface area (Å²) in [5.74, 6) is 0. The third-order valence-electron chi connectivity index (χ3n) is 3.56. The third-order valence-corrected chi connectivity index (χ3v) is 3.56. The molecule has 0 aliphatic carbocycles. The Hall–Kier alpha value is -2.48. The minimum Gasteiger partial charge on any atom is -0.195 e. The number of benzene rings is 2. The van der Waals surface area contributed by atoms with Crippen molar-refractivity contribution < 1.29 is 4.24 Å². The summed E-state index contributed by atoms with van der Waals surface area (Å²) in [5, 5.41) is 1.24. The van der Waals surface area contributed by atoms with Crippen LogP contribution in [0.25, 0.3) is 10.9 Å². The summed E-state index contributed by atoms with van der Waals surface area (Å²) in [5.41, 5.74) is 3.46. The van der Waals surface area contributed by atoms with Gasteiger partial charge in [-0.05, 0) is 12.1 Å². The molecule has 1 unspecified atom stereocenters. The first-order valence-corrected chi connectivity index (χ1v) is 6.46. The molecule has 0 amide bonds. The maximum Gasteiger partial charge on any atom is 0.323 e. The molecule has 1 aliphatic heterocycles. The normalized spacial score (nSPS) is 16.7. The first-order valence-electron chi connectivity index (χ1n) is 6.46. The van der Waals surface area contributed by atoms with Crippen molar-refractivity contribution in [2.75, 3.05) is 0 Å². The van der Waals surface area contributed by atoms with Crippen LogP contribution in [0.1, 0.15) is 11.6 Å². The van der Waals surface area contributed by atoms with Gasteiger partial charge in [-0.3, -0.25) is 0 Å². The second-order valence-electron chi connectivity index (χ2n) is 4.75. The molecule has 0 fully saturated rings. The van der Waals surface area contributed by atoms with Gasteiger partial charge in [-0.2, -0.15) is 4.24 Å². The molecule has 0 N–H and O–H groups in total. The second kappa shape index (κ2) is 4.02. The van der Waals surface area contributed by atoms with E-state index in [1.807, 2.05) is 6.07 Å². The van der Waals surface area contributed by atoms with E-state index in [-0.39, 0.29) is 6.04 Å². The fourth-order valence-corrected chi connectivity index (χ4v) is 2.61. The summed E-state index contributed by atoms with van der Waals surface area (Å²) >= 11 is 0. The van der Waals surface area contributed by atoms with Crippen molar-refractivity contribution in [2.24, 2.45) is 4.99 Å². The Kier molecular flexibility index (Phi) is 2.21. The highest BCUT2D eigenvalue weighted by molar-refractivity contribution is 5.74. The van der Waals surface area contributed by atoms with Gasteiger partial charge in [0.15, 0.2) is 0 Å². The molecule has 4 rings (SSSR count). The highest BCUT2D eigenvalue weighted by atomic mass is 15.0. The molecule has 0 spiro atoms. The first-order chi connectivity index (χ1) is 9.42. The fraction of sp³-hybridized carbons (Fsp3) is 0.0588. The van der Waals surface area contributed by atoms with E-state index in [1.165, 1.54) is 16.5 Å². The quantitative estimate of drug-likeness (QED) is 0.587. The van der Waals surface area contributed by atoms with E-state index in [0.717, 1.165) is 5.49 Å². The van der Waals surface area contributed by atoms with E-state index in [2.05, 4.69) is 71.1 Å². The molecule has 2 aromatic carbocycles. The lowest BCUT2D eigenvalue weighted by Crippen LogP contribution is -2.34. The lowest BCUT2D eigenvalue weighted by molar-refractivity contribution is -0.493. The molecule has 3 aromatic rings. The van der Waals surface area contributed by atoms with Crippen LogP contribution < -0.4 is 9.73 Å². The maximum atomic E-state index is 4.78. The van der Waals surface area contributed by atoms with E-state index in [0.29, 0.717) is 0 Å². The molecule has 0 saturated heterocycles. The van der Waals surface area contributed by atoms with Crippen LogP contribution in [0, 0.1) is 6.21 Å².